The van der Waals surface area contributed by atoms with Crippen molar-refractivity contribution in [2.45, 2.75) is 77.1 Å². The standard InChI is InChI=1S/C23H36N2O5S/c1-15-7-8-17(18(26)13-15)20(24-31(28)22(2,3)4)16-9-11-25(12-10-16)21(27)19-14-29-23(5,6)30-19/h7-8,13,16,19-20,24,26H,9-12,14H2,1-6H3/t19-,20-,31?/m1/s1. The van der Waals surface area contributed by atoms with Gasteiger partial charge in [-0.3, -0.25) is 4.79 Å². The first-order chi connectivity index (χ1) is 14.4. The van der Waals surface area contributed by atoms with E-state index in [0.717, 1.165) is 24.0 Å². The normalized spacial score (nSPS) is 24.2. The number of carbonyl (C=O) groups is 1. The summed E-state index contributed by atoms with van der Waals surface area (Å²) in [5.74, 6) is -0.417. The van der Waals surface area contributed by atoms with Crippen LogP contribution in [0.5, 0.6) is 5.75 Å². The molecule has 0 spiro atoms. The molecule has 2 aliphatic rings. The summed E-state index contributed by atoms with van der Waals surface area (Å²) in [4.78, 5) is 14.7. The van der Waals surface area contributed by atoms with Crippen molar-refractivity contribution < 1.29 is 23.6 Å². The lowest BCUT2D eigenvalue weighted by Crippen LogP contribution is -2.47. The predicted octanol–water partition coefficient (Wildman–Crippen LogP) is 3.18. The highest BCUT2D eigenvalue weighted by Gasteiger charge is 2.40. The van der Waals surface area contributed by atoms with Crippen LogP contribution in [0.1, 0.15) is 64.6 Å². The third kappa shape index (κ3) is 5.86. The molecule has 8 heteroatoms. The van der Waals surface area contributed by atoms with Crippen LogP contribution in [-0.4, -0.2) is 56.5 Å². The molecule has 2 heterocycles. The Labute approximate surface area is 188 Å². The number of hydrogen-bond acceptors (Lipinski definition) is 5. The van der Waals surface area contributed by atoms with Crippen molar-refractivity contribution >= 4 is 16.9 Å². The summed E-state index contributed by atoms with van der Waals surface area (Å²) < 4.78 is 27.0. The van der Waals surface area contributed by atoms with Crippen molar-refractivity contribution in [3.05, 3.63) is 29.3 Å². The third-order valence-corrected chi connectivity index (χ3v) is 7.50. The Kier molecular flexibility index (Phi) is 7.15. The predicted molar refractivity (Wildman–Crippen MR) is 121 cm³/mol. The minimum atomic E-state index is -1.29. The maximum absolute atomic E-state index is 12.9. The van der Waals surface area contributed by atoms with Gasteiger partial charge in [0.15, 0.2) is 11.9 Å². The number of aromatic hydroxyl groups is 1. The Morgan fingerprint density at radius 2 is 1.94 bits per heavy atom. The van der Waals surface area contributed by atoms with Crippen molar-refractivity contribution in [2.24, 2.45) is 5.92 Å². The average molecular weight is 453 g/mol. The van der Waals surface area contributed by atoms with E-state index in [4.69, 9.17) is 9.47 Å². The number of hydrogen-bond donors (Lipinski definition) is 2. The first-order valence-electron chi connectivity index (χ1n) is 11.0. The number of carbonyl (C=O) groups excluding carboxylic acids is 1. The maximum Gasteiger partial charge on any atom is 0.254 e. The van der Waals surface area contributed by atoms with Crippen LogP contribution in [-0.2, 0) is 25.3 Å². The van der Waals surface area contributed by atoms with Crippen LogP contribution in [0.2, 0.25) is 0 Å². The van der Waals surface area contributed by atoms with Crippen LogP contribution >= 0.6 is 0 Å². The first-order valence-corrected chi connectivity index (χ1v) is 12.1. The number of piperidine rings is 1. The van der Waals surface area contributed by atoms with Crippen LogP contribution in [0.3, 0.4) is 0 Å². The van der Waals surface area contributed by atoms with Gasteiger partial charge < -0.3 is 19.5 Å². The number of ether oxygens (including phenoxy) is 2. The molecular weight excluding hydrogens is 416 g/mol. The molecule has 0 aliphatic carbocycles. The molecular formula is C23H36N2O5S. The molecule has 2 fully saturated rings. The van der Waals surface area contributed by atoms with Gasteiger partial charge in [-0.15, -0.1) is 0 Å². The van der Waals surface area contributed by atoms with E-state index in [0.29, 0.717) is 13.1 Å². The fourth-order valence-electron chi connectivity index (χ4n) is 4.09. The molecule has 2 aliphatic heterocycles. The number of nitrogens with one attached hydrogen (secondary N) is 1. The Bertz CT molecular complexity index is 828. The molecule has 0 saturated carbocycles. The van der Waals surface area contributed by atoms with E-state index in [2.05, 4.69) is 4.72 Å². The number of benzene rings is 1. The van der Waals surface area contributed by atoms with Gasteiger partial charge in [-0.05, 0) is 71.9 Å². The molecule has 174 valence electrons. The molecule has 0 bridgehead atoms. The maximum atomic E-state index is 12.9. The van der Waals surface area contributed by atoms with Crippen LogP contribution < -0.4 is 4.72 Å². The molecule has 7 nitrogen and oxygen atoms in total. The zero-order valence-corrected chi connectivity index (χ0v) is 20.3. The van der Waals surface area contributed by atoms with Crippen molar-refractivity contribution in [2.75, 3.05) is 19.7 Å². The summed E-state index contributed by atoms with van der Waals surface area (Å²) in [7, 11) is -1.29. The molecule has 3 atom stereocenters. The highest BCUT2D eigenvalue weighted by molar-refractivity contribution is 7.84. The topological polar surface area (TPSA) is 88.1 Å². The molecule has 2 saturated heterocycles. The summed E-state index contributed by atoms with van der Waals surface area (Å²) in [6, 6.07) is 5.34. The number of aryl methyl sites for hydroxylation is 1. The van der Waals surface area contributed by atoms with E-state index in [1.165, 1.54) is 0 Å². The number of amides is 1. The van der Waals surface area contributed by atoms with E-state index in [1.807, 2.05) is 58.6 Å². The Hall–Kier alpha value is -1.48. The summed E-state index contributed by atoms with van der Waals surface area (Å²) in [6.07, 6.45) is 0.930. The smallest absolute Gasteiger partial charge is 0.254 e. The zero-order valence-electron chi connectivity index (χ0n) is 19.4. The van der Waals surface area contributed by atoms with Gasteiger partial charge in [-0.2, -0.15) is 0 Å². The second-order valence-electron chi connectivity index (χ2n) is 10.0. The van der Waals surface area contributed by atoms with Crippen LogP contribution in [0, 0.1) is 12.8 Å². The third-order valence-electron chi connectivity index (χ3n) is 5.92. The second kappa shape index (κ2) is 9.17. The minimum absolute atomic E-state index is 0.0371. The van der Waals surface area contributed by atoms with Crippen molar-refractivity contribution in [1.82, 2.24) is 9.62 Å². The number of nitrogens with zero attached hydrogens (tertiary/aromatic N) is 1. The second-order valence-corrected chi connectivity index (χ2v) is 12.0. The fraction of sp³-hybridized carbons (Fsp3) is 0.696. The lowest BCUT2D eigenvalue weighted by Gasteiger charge is -2.38. The number of phenolic OH excluding ortho intramolecular Hbond substituents is 1. The van der Waals surface area contributed by atoms with Gasteiger partial charge in [-0.25, -0.2) is 8.93 Å². The Morgan fingerprint density at radius 3 is 2.45 bits per heavy atom. The van der Waals surface area contributed by atoms with Crippen molar-refractivity contribution in [3.63, 3.8) is 0 Å². The van der Waals surface area contributed by atoms with E-state index >= 15 is 0 Å². The van der Waals surface area contributed by atoms with Gasteiger partial charge in [0, 0.05) is 18.7 Å². The van der Waals surface area contributed by atoms with Gasteiger partial charge in [-0.1, -0.05) is 12.1 Å². The van der Waals surface area contributed by atoms with Gasteiger partial charge in [0.05, 0.1) is 28.4 Å². The first kappa shape index (κ1) is 24.2. The van der Waals surface area contributed by atoms with Crippen LogP contribution in [0.15, 0.2) is 18.2 Å². The molecule has 0 aromatic heterocycles. The van der Waals surface area contributed by atoms with Crippen LogP contribution in [0.25, 0.3) is 0 Å². The Balaban J connectivity index is 1.72. The average Bonchev–Trinajstić information content (AvgIpc) is 3.05. The summed E-state index contributed by atoms with van der Waals surface area (Å²) in [5, 5.41) is 10.6. The molecule has 31 heavy (non-hydrogen) atoms. The molecule has 1 amide bonds. The summed E-state index contributed by atoms with van der Waals surface area (Å²) in [6.45, 7) is 12.8. The quantitative estimate of drug-likeness (QED) is 0.716. The largest absolute Gasteiger partial charge is 0.508 e. The summed E-state index contributed by atoms with van der Waals surface area (Å²) >= 11 is 0. The lowest BCUT2D eigenvalue weighted by molar-refractivity contribution is -0.161. The number of phenols is 1. The zero-order chi connectivity index (χ0) is 23.0. The highest BCUT2D eigenvalue weighted by Crippen LogP contribution is 2.37. The fourth-order valence-corrected chi connectivity index (χ4v) is 4.99. The molecule has 3 rings (SSSR count). The molecule has 1 aromatic carbocycles. The minimum Gasteiger partial charge on any atom is -0.508 e. The molecule has 2 N–H and O–H groups in total. The lowest BCUT2D eigenvalue weighted by atomic mass is 9.85. The van der Waals surface area contributed by atoms with Crippen molar-refractivity contribution in [3.8, 4) is 5.75 Å². The number of likely N-dealkylation sites (tertiary alicyclic amines) is 1. The van der Waals surface area contributed by atoms with E-state index in [1.54, 1.807) is 6.07 Å². The monoisotopic (exact) mass is 452 g/mol. The van der Waals surface area contributed by atoms with Gasteiger partial charge in [0.1, 0.15) is 5.75 Å². The van der Waals surface area contributed by atoms with Gasteiger partial charge >= 0.3 is 0 Å². The van der Waals surface area contributed by atoms with Crippen molar-refractivity contribution in [1.29, 1.82) is 0 Å². The van der Waals surface area contributed by atoms with E-state index in [9.17, 15) is 14.1 Å². The Morgan fingerprint density at radius 1 is 1.29 bits per heavy atom. The van der Waals surface area contributed by atoms with Gasteiger partial charge in [0.25, 0.3) is 5.91 Å². The van der Waals surface area contributed by atoms with Crippen LogP contribution in [0.4, 0.5) is 0 Å². The molecule has 1 aromatic rings. The molecule has 0 radical (unpaired) electrons. The number of rotatable bonds is 5. The summed E-state index contributed by atoms with van der Waals surface area (Å²) in [5.41, 5.74) is 1.72. The van der Waals surface area contributed by atoms with E-state index < -0.39 is 27.6 Å². The van der Waals surface area contributed by atoms with Gasteiger partial charge in [0.2, 0.25) is 0 Å². The molecule has 1 unspecified atom stereocenters. The highest BCUT2D eigenvalue weighted by atomic mass is 32.2. The SMILES string of the molecule is Cc1ccc([C@H](NS(=O)C(C)(C)C)C2CCN(C(=O)[C@H]3COC(C)(C)O3)CC2)c(O)c1. The van der Waals surface area contributed by atoms with E-state index in [-0.39, 0.29) is 30.2 Å².